The average Bonchev–Trinajstić information content (AvgIpc) is 1.99. The van der Waals surface area contributed by atoms with Crippen molar-refractivity contribution in [1.29, 1.82) is 0 Å². The molecule has 11 heavy (non-hydrogen) atoms. The molecular formula is C7H17NOS2. The Kier molecular flexibility index (Phi) is 8.91. The minimum absolute atomic E-state index is 0.549. The molecule has 1 atom stereocenters. The lowest BCUT2D eigenvalue weighted by molar-refractivity contribution is 0.681. The summed E-state index contributed by atoms with van der Waals surface area (Å²) in [6.07, 6.45) is 1.06. The molecule has 0 radical (unpaired) electrons. The summed E-state index contributed by atoms with van der Waals surface area (Å²) in [5, 5.41) is 0. The predicted octanol–water partition coefficient (Wildman–Crippen LogP) is 0.837. The van der Waals surface area contributed by atoms with Crippen LogP contribution in [0.2, 0.25) is 0 Å². The summed E-state index contributed by atoms with van der Waals surface area (Å²) in [5.74, 6) is 3.78. The second-order valence-electron chi connectivity index (χ2n) is 2.19. The molecule has 0 aliphatic rings. The van der Waals surface area contributed by atoms with Gasteiger partial charge in [-0.3, -0.25) is 4.21 Å². The normalized spacial score (nSPS) is 13.3. The van der Waals surface area contributed by atoms with Crippen LogP contribution in [-0.2, 0) is 10.8 Å². The van der Waals surface area contributed by atoms with E-state index in [1.165, 1.54) is 0 Å². The van der Waals surface area contributed by atoms with Crippen LogP contribution in [-0.4, -0.2) is 33.8 Å². The average molecular weight is 195 g/mol. The van der Waals surface area contributed by atoms with E-state index in [4.69, 9.17) is 5.73 Å². The summed E-state index contributed by atoms with van der Waals surface area (Å²) in [4.78, 5) is 0. The maximum Gasteiger partial charge on any atom is 0.0357 e. The van der Waals surface area contributed by atoms with E-state index in [9.17, 15) is 4.21 Å². The van der Waals surface area contributed by atoms with Gasteiger partial charge < -0.3 is 5.73 Å². The third-order valence-corrected chi connectivity index (χ3v) is 3.63. The fourth-order valence-electron chi connectivity index (χ4n) is 0.700. The van der Waals surface area contributed by atoms with Crippen molar-refractivity contribution in [3.05, 3.63) is 0 Å². The quantitative estimate of drug-likeness (QED) is 0.612. The third-order valence-electron chi connectivity index (χ3n) is 1.21. The number of hydrogen-bond donors (Lipinski definition) is 1. The molecule has 0 saturated carbocycles. The number of hydrogen-bond acceptors (Lipinski definition) is 3. The van der Waals surface area contributed by atoms with Gasteiger partial charge in [0.2, 0.25) is 0 Å². The van der Waals surface area contributed by atoms with Crippen molar-refractivity contribution in [1.82, 2.24) is 0 Å². The predicted molar refractivity (Wildman–Crippen MR) is 54.5 cm³/mol. The lowest BCUT2D eigenvalue weighted by Gasteiger charge is -1.98. The summed E-state index contributed by atoms with van der Waals surface area (Å²) in [7, 11) is -0.662. The van der Waals surface area contributed by atoms with E-state index in [0.29, 0.717) is 12.3 Å². The van der Waals surface area contributed by atoms with Crippen molar-refractivity contribution in [2.75, 3.05) is 29.6 Å². The first-order valence-electron chi connectivity index (χ1n) is 3.94. The van der Waals surface area contributed by atoms with E-state index in [2.05, 4.69) is 6.92 Å². The van der Waals surface area contributed by atoms with E-state index >= 15 is 0 Å². The van der Waals surface area contributed by atoms with Gasteiger partial charge in [-0.05, 0) is 17.9 Å². The molecular weight excluding hydrogens is 178 g/mol. The molecule has 0 aliphatic carbocycles. The highest BCUT2D eigenvalue weighted by atomic mass is 32.2. The van der Waals surface area contributed by atoms with Gasteiger partial charge >= 0.3 is 0 Å². The van der Waals surface area contributed by atoms with E-state index < -0.39 is 10.8 Å². The molecule has 0 spiro atoms. The lowest BCUT2D eigenvalue weighted by Crippen LogP contribution is -2.12. The summed E-state index contributed by atoms with van der Waals surface area (Å²) in [5.41, 5.74) is 5.26. The van der Waals surface area contributed by atoms with Gasteiger partial charge in [0.25, 0.3) is 0 Å². The molecule has 4 heteroatoms. The monoisotopic (exact) mass is 195 g/mol. The van der Waals surface area contributed by atoms with E-state index in [1.54, 1.807) is 0 Å². The molecule has 0 aliphatic heterocycles. The van der Waals surface area contributed by atoms with Crippen LogP contribution >= 0.6 is 11.8 Å². The molecule has 0 saturated heterocycles. The molecule has 0 amide bonds. The molecule has 0 aromatic heterocycles. The summed E-state index contributed by atoms with van der Waals surface area (Å²) >= 11 is 1.90. The van der Waals surface area contributed by atoms with E-state index in [0.717, 1.165) is 23.7 Å². The van der Waals surface area contributed by atoms with Crippen molar-refractivity contribution in [3.8, 4) is 0 Å². The number of rotatable bonds is 7. The summed E-state index contributed by atoms with van der Waals surface area (Å²) in [6.45, 7) is 2.69. The smallest absolute Gasteiger partial charge is 0.0357 e. The first-order valence-corrected chi connectivity index (χ1v) is 6.58. The minimum Gasteiger partial charge on any atom is -0.330 e. The Morgan fingerprint density at radius 1 is 1.45 bits per heavy atom. The van der Waals surface area contributed by atoms with Crippen molar-refractivity contribution in [2.24, 2.45) is 5.73 Å². The van der Waals surface area contributed by atoms with E-state index in [-0.39, 0.29) is 0 Å². The summed E-state index contributed by atoms with van der Waals surface area (Å²) in [6, 6.07) is 0. The molecule has 0 bridgehead atoms. The zero-order valence-corrected chi connectivity index (χ0v) is 8.68. The van der Waals surface area contributed by atoms with Gasteiger partial charge in [0, 0.05) is 28.9 Å². The van der Waals surface area contributed by atoms with Gasteiger partial charge in [0.1, 0.15) is 0 Å². The Morgan fingerprint density at radius 2 is 2.18 bits per heavy atom. The van der Waals surface area contributed by atoms with Crippen molar-refractivity contribution in [2.45, 2.75) is 13.3 Å². The van der Waals surface area contributed by atoms with Crippen LogP contribution in [0.5, 0.6) is 0 Å². The second-order valence-corrected chi connectivity index (χ2v) is 5.28. The molecule has 0 aromatic carbocycles. The maximum atomic E-state index is 11.0. The molecule has 2 N–H and O–H groups in total. The van der Waals surface area contributed by atoms with Crippen LogP contribution < -0.4 is 5.73 Å². The van der Waals surface area contributed by atoms with Crippen molar-refractivity contribution < 1.29 is 4.21 Å². The van der Waals surface area contributed by atoms with Crippen LogP contribution in [0.25, 0.3) is 0 Å². The SMILES string of the molecule is CCSCCCS(=O)CCN. The van der Waals surface area contributed by atoms with Gasteiger partial charge in [-0.15, -0.1) is 0 Å². The van der Waals surface area contributed by atoms with Gasteiger partial charge in [-0.1, -0.05) is 6.92 Å². The summed E-state index contributed by atoms with van der Waals surface area (Å²) < 4.78 is 11.0. The van der Waals surface area contributed by atoms with Crippen LogP contribution in [0.1, 0.15) is 13.3 Å². The Bertz CT molecular complexity index is 109. The Balaban J connectivity index is 3.04. The number of thioether (sulfide) groups is 1. The first kappa shape index (κ1) is 11.5. The molecule has 68 valence electrons. The highest BCUT2D eigenvalue weighted by Gasteiger charge is 1.96. The highest BCUT2D eigenvalue weighted by molar-refractivity contribution is 7.99. The minimum atomic E-state index is -0.662. The second kappa shape index (κ2) is 8.56. The topological polar surface area (TPSA) is 43.1 Å². The van der Waals surface area contributed by atoms with Gasteiger partial charge in [0.05, 0.1) is 0 Å². The highest BCUT2D eigenvalue weighted by Crippen LogP contribution is 2.01. The Labute approximate surface area is 75.8 Å². The molecule has 2 nitrogen and oxygen atoms in total. The van der Waals surface area contributed by atoms with Gasteiger partial charge in [-0.25, -0.2) is 0 Å². The molecule has 0 rings (SSSR count). The fraction of sp³-hybridized carbons (Fsp3) is 1.00. The molecule has 0 heterocycles. The lowest BCUT2D eigenvalue weighted by atomic mass is 10.6. The third kappa shape index (κ3) is 8.37. The molecule has 0 aromatic rings. The number of nitrogens with two attached hydrogens (primary N) is 1. The van der Waals surface area contributed by atoms with Crippen molar-refractivity contribution >= 4 is 22.6 Å². The zero-order valence-electron chi connectivity index (χ0n) is 7.04. The largest absolute Gasteiger partial charge is 0.330 e. The Morgan fingerprint density at radius 3 is 2.73 bits per heavy atom. The standard InChI is InChI=1S/C7H17NOS2/c1-2-10-5-3-6-11(9)7-4-8/h2-8H2,1H3. The molecule has 1 unspecified atom stereocenters. The van der Waals surface area contributed by atoms with Crippen molar-refractivity contribution in [3.63, 3.8) is 0 Å². The fourth-order valence-corrected chi connectivity index (χ4v) is 2.45. The van der Waals surface area contributed by atoms with Gasteiger partial charge in [0.15, 0.2) is 0 Å². The van der Waals surface area contributed by atoms with Crippen LogP contribution in [0.4, 0.5) is 0 Å². The first-order chi connectivity index (χ1) is 5.31. The van der Waals surface area contributed by atoms with Crippen LogP contribution in [0, 0.1) is 0 Å². The van der Waals surface area contributed by atoms with E-state index in [1.807, 2.05) is 11.8 Å². The zero-order chi connectivity index (χ0) is 8.53. The van der Waals surface area contributed by atoms with Crippen LogP contribution in [0.15, 0.2) is 0 Å². The van der Waals surface area contributed by atoms with Gasteiger partial charge in [-0.2, -0.15) is 11.8 Å². The Hall–Kier alpha value is 0.460. The van der Waals surface area contributed by atoms with Crippen LogP contribution in [0.3, 0.4) is 0 Å². The maximum absolute atomic E-state index is 11.0. The molecule has 0 fully saturated rings.